The molecule has 2 aromatic carbocycles. The Bertz CT molecular complexity index is 1400. The van der Waals surface area contributed by atoms with Gasteiger partial charge in [0.2, 0.25) is 5.91 Å². The van der Waals surface area contributed by atoms with Gasteiger partial charge in [-0.25, -0.2) is 0 Å². The largest absolute Gasteiger partial charge is 0.493 e. The van der Waals surface area contributed by atoms with Crippen molar-refractivity contribution in [3.63, 3.8) is 0 Å². The molecular formula is C33H36N2O4. The highest BCUT2D eigenvalue weighted by Gasteiger charge is 2.79. The fraction of sp³-hybridized carbons (Fsp3) is 0.485. The summed E-state index contributed by atoms with van der Waals surface area (Å²) in [4.78, 5) is 16.1. The van der Waals surface area contributed by atoms with E-state index in [0.717, 1.165) is 48.8 Å². The van der Waals surface area contributed by atoms with Crippen LogP contribution in [0, 0.1) is 11.3 Å². The smallest absolute Gasteiger partial charge is 0.244 e. The lowest BCUT2D eigenvalue weighted by atomic mass is 9.38. The van der Waals surface area contributed by atoms with E-state index in [4.69, 9.17) is 14.2 Å². The molecule has 202 valence electrons. The van der Waals surface area contributed by atoms with Crippen LogP contribution in [0.5, 0.6) is 11.5 Å². The van der Waals surface area contributed by atoms with Gasteiger partial charge in [-0.1, -0.05) is 48.6 Å². The molecule has 4 bridgehead atoms. The third-order valence-corrected chi connectivity index (χ3v) is 10.9. The maximum absolute atomic E-state index is 13.3. The minimum absolute atomic E-state index is 0.101. The topological polar surface area (TPSA) is 60.0 Å². The van der Waals surface area contributed by atoms with Crippen molar-refractivity contribution in [2.75, 3.05) is 27.3 Å². The zero-order chi connectivity index (χ0) is 26.4. The summed E-state index contributed by atoms with van der Waals surface area (Å²) in [7, 11) is 3.49. The zero-order valence-corrected chi connectivity index (χ0v) is 22.7. The SMILES string of the molecule is COc1ccc2c3c1OC1[C@@]4(OC)C=C[C@@]5(CC4NC(=O)C=Cc4ccccc4)[C@@H](C2)N(CC2CC2)CC[C@]315. The molecule has 2 aliphatic heterocycles. The summed E-state index contributed by atoms with van der Waals surface area (Å²) >= 11 is 0. The number of hydrogen-bond acceptors (Lipinski definition) is 5. The van der Waals surface area contributed by atoms with Crippen LogP contribution < -0.4 is 14.8 Å². The van der Waals surface area contributed by atoms with Gasteiger partial charge in [0, 0.05) is 36.8 Å². The number of rotatable bonds is 7. The van der Waals surface area contributed by atoms with Crippen molar-refractivity contribution in [2.45, 2.75) is 61.3 Å². The molecule has 2 heterocycles. The van der Waals surface area contributed by atoms with E-state index < -0.39 is 5.60 Å². The Morgan fingerprint density at radius 2 is 2.00 bits per heavy atom. The Balaban J connectivity index is 1.23. The fourth-order valence-electron chi connectivity index (χ4n) is 9.05. The van der Waals surface area contributed by atoms with E-state index in [1.54, 1.807) is 20.3 Å². The minimum atomic E-state index is -0.764. The monoisotopic (exact) mass is 524 g/mol. The molecule has 1 saturated heterocycles. The number of likely N-dealkylation sites (tertiary alicyclic amines) is 1. The number of nitrogens with one attached hydrogen (secondary N) is 1. The van der Waals surface area contributed by atoms with E-state index in [1.165, 1.54) is 30.5 Å². The first-order valence-electron chi connectivity index (χ1n) is 14.4. The average molecular weight is 525 g/mol. The lowest BCUT2D eigenvalue weighted by Crippen LogP contribution is -2.82. The van der Waals surface area contributed by atoms with Gasteiger partial charge in [-0.2, -0.15) is 0 Å². The predicted octanol–water partition coefficient (Wildman–Crippen LogP) is 4.28. The summed E-state index contributed by atoms with van der Waals surface area (Å²) in [5.74, 6) is 2.41. The highest BCUT2D eigenvalue weighted by molar-refractivity contribution is 5.92. The summed E-state index contributed by atoms with van der Waals surface area (Å²) in [5.41, 5.74) is 2.64. The van der Waals surface area contributed by atoms with Crippen molar-refractivity contribution in [3.05, 3.63) is 77.4 Å². The minimum Gasteiger partial charge on any atom is -0.493 e. The summed E-state index contributed by atoms with van der Waals surface area (Å²) in [6.45, 7) is 2.25. The molecule has 7 aliphatic rings. The Labute approximate surface area is 230 Å². The van der Waals surface area contributed by atoms with Crippen LogP contribution in [0.15, 0.2) is 60.7 Å². The standard InChI is InChI=1S/C33H36N2O4/c1-37-24-12-11-23-18-26-31-14-15-33(38-2,25(19-31)34-27(36)13-10-21-6-4-3-5-7-21)30-32(31,28(23)29(24)39-30)16-17-35(26)20-22-8-9-22/h3-7,10-15,22,25-26,30H,8-9,16-20H2,1-2H3,(H,34,36)/t25?,26-,30?,31-,32+,33-/m1/s1. The molecule has 6 atom stereocenters. The Morgan fingerprint density at radius 3 is 2.77 bits per heavy atom. The number of methoxy groups -OCH3 is 2. The number of ether oxygens (including phenoxy) is 3. The summed E-state index contributed by atoms with van der Waals surface area (Å²) < 4.78 is 19.3. The molecule has 1 amide bonds. The van der Waals surface area contributed by atoms with Gasteiger partial charge in [-0.15, -0.1) is 0 Å². The normalized spacial score (nSPS) is 37.0. The Kier molecular flexibility index (Phi) is 5.01. The third-order valence-electron chi connectivity index (χ3n) is 10.9. The van der Waals surface area contributed by atoms with Gasteiger partial charge in [0.05, 0.1) is 18.6 Å². The van der Waals surface area contributed by atoms with Crippen LogP contribution in [0.4, 0.5) is 0 Å². The van der Waals surface area contributed by atoms with Crippen LogP contribution >= 0.6 is 0 Å². The van der Waals surface area contributed by atoms with E-state index in [2.05, 4.69) is 34.5 Å². The lowest BCUT2D eigenvalue weighted by molar-refractivity contribution is -0.203. The number of nitrogens with zero attached hydrogens (tertiary/aromatic N) is 1. The molecule has 39 heavy (non-hydrogen) atoms. The van der Waals surface area contributed by atoms with Crippen LogP contribution in [0.25, 0.3) is 6.08 Å². The van der Waals surface area contributed by atoms with Gasteiger partial charge in [0.15, 0.2) is 11.5 Å². The van der Waals surface area contributed by atoms with Gasteiger partial charge in [0.25, 0.3) is 0 Å². The van der Waals surface area contributed by atoms with E-state index in [9.17, 15) is 4.79 Å². The second kappa shape index (κ2) is 8.21. The van der Waals surface area contributed by atoms with Crippen molar-refractivity contribution in [2.24, 2.45) is 11.3 Å². The molecule has 2 spiro atoms. The van der Waals surface area contributed by atoms with E-state index >= 15 is 0 Å². The van der Waals surface area contributed by atoms with Crippen molar-refractivity contribution in [3.8, 4) is 11.5 Å². The van der Waals surface area contributed by atoms with Crippen LogP contribution in [0.1, 0.15) is 42.4 Å². The molecule has 0 aromatic heterocycles. The summed E-state index contributed by atoms with van der Waals surface area (Å²) in [5, 5.41) is 3.38. The molecule has 6 heteroatoms. The first-order valence-corrected chi connectivity index (χ1v) is 14.4. The van der Waals surface area contributed by atoms with Gasteiger partial charge in [-0.3, -0.25) is 9.69 Å². The molecule has 1 N–H and O–H groups in total. The lowest BCUT2D eigenvalue weighted by Gasteiger charge is -2.71. The summed E-state index contributed by atoms with van der Waals surface area (Å²) in [6.07, 6.45) is 13.6. The van der Waals surface area contributed by atoms with E-state index in [1.807, 2.05) is 36.4 Å². The number of hydrogen-bond donors (Lipinski definition) is 1. The molecule has 0 radical (unpaired) electrons. The number of fused-ring (bicyclic) bond motifs is 1. The fourth-order valence-corrected chi connectivity index (χ4v) is 9.05. The molecule has 6 nitrogen and oxygen atoms in total. The number of benzene rings is 2. The van der Waals surface area contributed by atoms with Crippen molar-refractivity contribution >= 4 is 12.0 Å². The van der Waals surface area contributed by atoms with Crippen LogP contribution in [0.3, 0.4) is 0 Å². The van der Waals surface area contributed by atoms with Gasteiger partial charge in [-0.05, 0) is 67.8 Å². The molecule has 2 unspecified atom stereocenters. The third kappa shape index (κ3) is 3.02. The quantitative estimate of drug-likeness (QED) is 0.433. The Morgan fingerprint density at radius 1 is 1.15 bits per heavy atom. The highest BCUT2D eigenvalue weighted by Crippen LogP contribution is 2.73. The predicted molar refractivity (Wildman–Crippen MR) is 149 cm³/mol. The maximum Gasteiger partial charge on any atom is 0.244 e. The maximum atomic E-state index is 13.3. The highest BCUT2D eigenvalue weighted by atomic mass is 16.6. The number of amides is 1. The van der Waals surface area contributed by atoms with Crippen LogP contribution in [-0.4, -0.2) is 61.9 Å². The second-order valence-electron chi connectivity index (χ2n) is 12.4. The van der Waals surface area contributed by atoms with Crippen LogP contribution in [0.2, 0.25) is 0 Å². The molecule has 2 saturated carbocycles. The van der Waals surface area contributed by atoms with Crippen molar-refractivity contribution in [1.82, 2.24) is 10.2 Å². The number of carbonyl (C=O) groups excluding carboxylic acids is 1. The van der Waals surface area contributed by atoms with Crippen LogP contribution in [-0.2, 0) is 21.4 Å². The molecule has 2 aromatic rings. The zero-order valence-electron chi connectivity index (χ0n) is 22.7. The van der Waals surface area contributed by atoms with Gasteiger partial charge >= 0.3 is 0 Å². The first kappa shape index (κ1) is 23.8. The first-order chi connectivity index (χ1) is 19.0. The second-order valence-corrected chi connectivity index (χ2v) is 12.4. The summed E-state index contributed by atoms with van der Waals surface area (Å²) in [6, 6.07) is 14.4. The Hall–Kier alpha value is -3.09. The van der Waals surface area contributed by atoms with E-state index in [0.29, 0.717) is 6.04 Å². The molecule has 3 fully saturated rings. The average Bonchev–Trinajstić information content (AvgIpc) is 3.71. The molecular weight excluding hydrogens is 488 g/mol. The van der Waals surface area contributed by atoms with Gasteiger partial charge < -0.3 is 19.5 Å². The van der Waals surface area contributed by atoms with Crippen molar-refractivity contribution in [1.29, 1.82) is 0 Å². The number of carbonyl (C=O) groups is 1. The van der Waals surface area contributed by atoms with Gasteiger partial charge in [0.1, 0.15) is 11.7 Å². The van der Waals surface area contributed by atoms with Crippen molar-refractivity contribution < 1.29 is 19.0 Å². The number of piperidine rings is 1. The molecule has 5 aliphatic carbocycles. The van der Waals surface area contributed by atoms with E-state index in [-0.39, 0.29) is 28.9 Å². The molecule has 9 rings (SSSR count).